The molecule has 1 aromatic rings. The molecule has 5 fully saturated rings. The van der Waals surface area contributed by atoms with Crippen molar-refractivity contribution in [1.82, 2.24) is 9.78 Å². The highest BCUT2D eigenvalue weighted by Crippen LogP contribution is 2.76. The minimum absolute atomic E-state index is 0.123. The Labute approximate surface area is 191 Å². The lowest BCUT2D eigenvalue weighted by atomic mass is 9.47. The van der Waals surface area contributed by atoms with Crippen LogP contribution in [0.1, 0.15) is 71.4 Å². The number of aromatic nitrogens is 2. The fourth-order valence-corrected chi connectivity index (χ4v) is 9.85. The number of fused-ring (bicyclic) bond motifs is 7. The number of rotatable bonds is 3. The zero-order valence-corrected chi connectivity index (χ0v) is 19.7. The maximum atomic E-state index is 13.6. The summed E-state index contributed by atoms with van der Waals surface area (Å²) in [4.78, 5) is 13.6. The Morgan fingerprint density at radius 1 is 1.19 bits per heavy atom. The average molecular weight is 436 g/mol. The predicted octanol–water partition coefficient (Wildman–Crippen LogP) is 4.45. The van der Waals surface area contributed by atoms with Crippen molar-refractivity contribution in [2.45, 2.75) is 77.9 Å². The third-order valence-electron chi connectivity index (χ3n) is 11.0. The Morgan fingerprint density at radius 2 is 1.97 bits per heavy atom. The molecule has 1 N–H and O–H groups in total. The number of aliphatic hydroxyl groups is 1. The minimum Gasteiger partial charge on any atom is -0.390 e. The number of hydrogen-bond acceptors (Lipinski definition) is 4. The molecule has 0 spiro atoms. The van der Waals surface area contributed by atoms with Crippen molar-refractivity contribution in [3.05, 3.63) is 18.0 Å². The van der Waals surface area contributed by atoms with Crippen molar-refractivity contribution in [3.63, 3.8) is 0 Å². The van der Waals surface area contributed by atoms with Gasteiger partial charge in [0, 0.05) is 12.1 Å². The number of carbonyl (C=O) groups excluding carboxylic acids is 1. The van der Waals surface area contributed by atoms with Crippen molar-refractivity contribution in [2.75, 3.05) is 0 Å². The fourth-order valence-electron chi connectivity index (χ4n) is 9.85. The molecule has 1 unspecified atom stereocenters. The summed E-state index contributed by atoms with van der Waals surface area (Å²) < 4.78 is 1.67. The lowest BCUT2D eigenvalue weighted by Gasteiger charge is -2.58. The summed E-state index contributed by atoms with van der Waals surface area (Å²) >= 11 is 0. The highest BCUT2D eigenvalue weighted by molar-refractivity contribution is 5.83. The molecular formula is C27H37N3O2. The van der Waals surface area contributed by atoms with Gasteiger partial charge in [0.2, 0.25) is 0 Å². The van der Waals surface area contributed by atoms with E-state index < -0.39 is 5.60 Å². The average Bonchev–Trinajstić information content (AvgIpc) is 3.09. The van der Waals surface area contributed by atoms with Crippen molar-refractivity contribution in [1.29, 1.82) is 5.26 Å². The molecule has 0 amide bonds. The zero-order valence-electron chi connectivity index (χ0n) is 19.7. The molecule has 5 aliphatic rings. The highest BCUT2D eigenvalue weighted by atomic mass is 16.3. The Hall–Kier alpha value is -1.67. The second-order valence-corrected chi connectivity index (χ2v) is 12.6. The van der Waals surface area contributed by atoms with Gasteiger partial charge in [-0.2, -0.15) is 10.4 Å². The molecular weight excluding hydrogens is 398 g/mol. The number of Topliss-reactive ketones (excluding diaryl/α,β-unsaturated/α-hetero) is 1. The van der Waals surface area contributed by atoms with Gasteiger partial charge in [-0.15, -0.1) is 0 Å². The summed E-state index contributed by atoms with van der Waals surface area (Å²) in [7, 11) is 0. The summed E-state index contributed by atoms with van der Waals surface area (Å²) in [5.74, 6) is 6.15. The Balaban J connectivity index is 1.25. The van der Waals surface area contributed by atoms with E-state index in [4.69, 9.17) is 5.26 Å². The Morgan fingerprint density at radius 3 is 2.72 bits per heavy atom. The van der Waals surface area contributed by atoms with Gasteiger partial charge in [-0.25, -0.2) is 0 Å². The first-order valence-corrected chi connectivity index (χ1v) is 12.9. The van der Waals surface area contributed by atoms with Crippen molar-refractivity contribution < 1.29 is 9.90 Å². The Bertz CT molecular complexity index is 976. The summed E-state index contributed by atoms with van der Waals surface area (Å²) in [6.07, 6.45) is 9.91. The van der Waals surface area contributed by atoms with Gasteiger partial charge in [0.25, 0.3) is 0 Å². The van der Waals surface area contributed by atoms with Gasteiger partial charge in [0.05, 0.1) is 12.1 Å². The van der Waals surface area contributed by atoms with Gasteiger partial charge in [-0.3, -0.25) is 9.48 Å². The topological polar surface area (TPSA) is 78.9 Å². The number of ketones is 1. The molecule has 0 radical (unpaired) electrons. The second kappa shape index (κ2) is 6.92. The van der Waals surface area contributed by atoms with E-state index in [0.29, 0.717) is 41.7 Å². The van der Waals surface area contributed by atoms with Crippen LogP contribution in [-0.4, -0.2) is 26.3 Å². The molecule has 5 heteroatoms. The van der Waals surface area contributed by atoms with Crippen LogP contribution >= 0.6 is 0 Å². The van der Waals surface area contributed by atoms with Gasteiger partial charge in [-0.1, -0.05) is 13.8 Å². The molecule has 11 atom stereocenters. The van der Waals surface area contributed by atoms with Crippen molar-refractivity contribution >= 4 is 5.78 Å². The molecule has 5 nitrogen and oxygen atoms in total. The van der Waals surface area contributed by atoms with Crippen LogP contribution in [0.2, 0.25) is 0 Å². The first-order valence-electron chi connectivity index (χ1n) is 12.9. The van der Waals surface area contributed by atoms with E-state index in [-0.39, 0.29) is 11.3 Å². The van der Waals surface area contributed by atoms with Crippen LogP contribution in [0.4, 0.5) is 0 Å². The lowest BCUT2D eigenvalue weighted by molar-refractivity contribution is -0.137. The van der Waals surface area contributed by atoms with Crippen LogP contribution in [0.3, 0.4) is 0 Å². The van der Waals surface area contributed by atoms with Gasteiger partial charge in [-0.05, 0) is 111 Å². The first-order chi connectivity index (χ1) is 15.2. The standard InChI is InChI=1S/C27H37N3O2/c1-15-22-23(15)25(21(31)14-30-11-8-17(13-28)29-30)27(3)10-7-19-18-6-9-26(2,32)12-16(18)4-5-20(19)24(22)27/h8,11,15-16,18-20,22-25,32H,4-7,9-10,12,14H2,1-3H3/t15-,16+,18-,19+,20+,22+,23-,24?,25-,26+,27-/m0/s1. The molecule has 1 aromatic heterocycles. The highest BCUT2D eigenvalue weighted by Gasteiger charge is 2.73. The van der Waals surface area contributed by atoms with Crippen LogP contribution in [0.5, 0.6) is 0 Å². The second-order valence-electron chi connectivity index (χ2n) is 12.6. The summed E-state index contributed by atoms with van der Waals surface area (Å²) in [5.41, 5.74) is 0.0451. The SMILES string of the molecule is C[C@H]1[C@H]2C3[C@@H]4CC[C@@H]5C[C@](C)(O)CC[C@@H]5[C@H]4CC[C@]3(C)[C@@H](C(=O)Cn3ccc(C#N)n3)[C@@H]12. The normalized spacial score (nSPS) is 51.0. The molecule has 5 aliphatic carbocycles. The van der Waals surface area contributed by atoms with E-state index in [1.165, 1.54) is 32.1 Å². The fraction of sp³-hybridized carbons (Fsp3) is 0.815. The van der Waals surface area contributed by atoms with Crippen LogP contribution in [0.25, 0.3) is 0 Å². The Kier molecular flexibility index (Phi) is 4.52. The maximum absolute atomic E-state index is 13.6. The summed E-state index contributed by atoms with van der Waals surface area (Å²) in [5, 5.41) is 24.0. The zero-order chi connectivity index (χ0) is 22.4. The van der Waals surface area contributed by atoms with E-state index >= 15 is 0 Å². The van der Waals surface area contributed by atoms with Crippen LogP contribution in [-0.2, 0) is 11.3 Å². The maximum Gasteiger partial charge on any atom is 0.162 e. The summed E-state index contributed by atoms with van der Waals surface area (Å²) in [6, 6.07) is 3.76. The molecule has 0 aromatic carbocycles. The largest absolute Gasteiger partial charge is 0.390 e. The first kappa shape index (κ1) is 20.9. The molecule has 6 rings (SSSR count). The van der Waals surface area contributed by atoms with Crippen molar-refractivity contribution in [3.8, 4) is 6.07 Å². The minimum atomic E-state index is -0.462. The number of carbonyl (C=O) groups is 1. The van der Waals surface area contributed by atoms with E-state index in [2.05, 4.69) is 25.0 Å². The number of nitrogens with zero attached hydrogens (tertiary/aromatic N) is 3. The summed E-state index contributed by atoms with van der Waals surface area (Å²) in [6.45, 7) is 7.16. The van der Waals surface area contributed by atoms with Gasteiger partial charge >= 0.3 is 0 Å². The van der Waals surface area contributed by atoms with Gasteiger partial charge < -0.3 is 5.11 Å². The number of hydrogen-bond donors (Lipinski definition) is 1. The molecule has 0 saturated heterocycles. The number of nitriles is 1. The third-order valence-corrected chi connectivity index (χ3v) is 11.0. The molecule has 1 heterocycles. The van der Waals surface area contributed by atoms with Crippen LogP contribution in [0, 0.1) is 70.0 Å². The van der Waals surface area contributed by atoms with E-state index in [1.807, 2.05) is 6.92 Å². The third kappa shape index (κ3) is 2.91. The van der Waals surface area contributed by atoms with Crippen molar-refractivity contribution in [2.24, 2.45) is 58.7 Å². The molecule has 0 aliphatic heterocycles. The smallest absolute Gasteiger partial charge is 0.162 e. The van der Waals surface area contributed by atoms with Crippen LogP contribution in [0.15, 0.2) is 12.3 Å². The van der Waals surface area contributed by atoms with Gasteiger partial charge in [0.15, 0.2) is 11.5 Å². The van der Waals surface area contributed by atoms with Gasteiger partial charge in [0.1, 0.15) is 6.07 Å². The predicted molar refractivity (Wildman–Crippen MR) is 120 cm³/mol. The van der Waals surface area contributed by atoms with E-state index in [1.54, 1.807) is 16.9 Å². The molecule has 32 heavy (non-hydrogen) atoms. The quantitative estimate of drug-likeness (QED) is 0.761. The van der Waals surface area contributed by atoms with E-state index in [9.17, 15) is 9.90 Å². The molecule has 5 saturated carbocycles. The molecule has 0 bridgehead atoms. The van der Waals surface area contributed by atoms with Crippen LogP contribution < -0.4 is 0 Å². The molecule has 172 valence electrons. The monoisotopic (exact) mass is 435 g/mol. The van der Waals surface area contributed by atoms with E-state index in [0.717, 1.165) is 36.5 Å². The lowest BCUT2D eigenvalue weighted by Crippen LogP contribution is -2.52.